The van der Waals surface area contributed by atoms with Gasteiger partial charge in [-0.15, -0.1) is 0 Å². The molecule has 9 heteroatoms. The summed E-state index contributed by atoms with van der Waals surface area (Å²) in [5, 5.41) is 4.81. The Labute approximate surface area is 181 Å². The molecule has 0 spiro atoms. The molecular formula is C21H28ClN7O. The molecule has 30 heavy (non-hydrogen) atoms. The Morgan fingerprint density at radius 2 is 2.20 bits per heavy atom. The van der Waals surface area contributed by atoms with Crippen LogP contribution in [0.5, 0.6) is 0 Å². The Morgan fingerprint density at radius 3 is 2.93 bits per heavy atom. The van der Waals surface area contributed by atoms with Gasteiger partial charge in [-0.25, -0.2) is 9.98 Å². The van der Waals surface area contributed by atoms with Gasteiger partial charge in [0.25, 0.3) is 0 Å². The second-order valence-electron chi connectivity index (χ2n) is 8.12. The Balaban J connectivity index is 1.86. The van der Waals surface area contributed by atoms with Crippen molar-refractivity contribution in [3.63, 3.8) is 0 Å². The van der Waals surface area contributed by atoms with Crippen LogP contribution in [0.4, 0.5) is 5.82 Å². The van der Waals surface area contributed by atoms with Crippen molar-refractivity contribution in [3.05, 3.63) is 34.9 Å². The van der Waals surface area contributed by atoms with Gasteiger partial charge >= 0.3 is 0 Å². The SMILES string of the molecule is COC[C@@H]1CCCN1c1nc2c(Cl)cccc2cc1[C@H](C)C1(C)N=C(N)N=C(N)N1. The Hall–Kier alpha value is -2.58. The van der Waals surface area contributed by atoms with Crippen LogP contribution in [-0.4, -0.2) is 48.9 Å². The first-order valence-corrected chi connectivity index (χ1v) is 10.5. The minimum Gasteiger partial charge on any atom is -0.383 e. The molecule has 1 unspecified atom stereocenters. The zero-order valence-electron chi connectivity index (χ0n) is 17.5. The first-order chi connectivity index (χ1) is 14.3. The van der Waals surface area contributed by atoms with Crippen LogP contribution in [-0.2, 0) is 4.74 Å². The number of rotatable bonds is 5. The predicted molar refractivity (Wildman–Crippen MR) is 122 cm³/mol. The molecule has 2 aromatic rings. The largest absolute Gasteiger partial charge is 0.383 e. The highest BCUT2D eigenvalue weighted by Gasteiger charge is 2.38. The van der Waals surface area contributed by atoms with Gasteiger partial charge in [-0.05, 0) is 31.9 Å². The number of pyridine rings is 1. The number of halogens is 1. The molecule has 160 valence electrons. The molecule has 0 aliphatic carbocycles. The summed E-state index contributed by atoms with van der Waals surface area (Å²) in [4.78, 5) is 16.0. The van der Waals surface area contributed by atoms with Crippen LogP contribution in [0.15, 0.2) is 34.3 Å². The number of para-hydroxylation sites is 1. The number of ether oxygens (including phenoxy) is 1. The molecule has 0 radical (unpaired) electrons. The number of benzene rings is 1. The number of hydrogen-bond acceptors (Lipinski definition) is 8. The average molecular weight is 430 g/mol. The van der Waals surface area contributed by atoms with Crippen molar-refractivity contribution in [2.24, 2.45) is 21.5 Å². The number of nitrogens with zero attached hydrogens (tertiary/aromatic N) is 4. The number of aromatic nitrogens is 1. The van der Waals surface area contributed by atoms with Crippen molar-refractivity contribution in [2.45, 2.75) is 44.3 Å². The van der Waals surface area contributed by atoms with Gasteiger partial charge in [-0.3, -0.25) is 0 Å². The molecule has 0 bridgehead atoms. The zero-order chi connectivity index (χ0) is 21.5. The van der Waals surface area contributed by atoms with E-state index in [9.17, 15) is 0 Å². The lowest BCUT2D eigenvalue weighted by molar-refractivity contribution is 0.180. The average Bonchev–Trinajstić information content (AvgIpc) is 3.14. The van der Waals surface area contributed by atoms with Gasteiger partial charge in [-0.1, -0.05) is 30.7 Å². The first-order valence-electron chi connectivity index (χ1n) is 10.1. The highest BCUT2D eigenvalue weighted by atomic mass is 35.5. The van der Waals surface area contributed by atoms with E-state index in [1.54, 1.807) is 7.11 Å². The normalized spacial score (nSPS) is 25.1. The summed E-state index contributed by atoms with van der Waals surface area (Å²) in [5.41, 5.74) is 13.0. The van der Waals surface area contributed by atoms with Gasteiger partial charge in [0.05, 0.1) is 23.2 Å². The van der Waals surface area contributed by atoms with Crippen LogP contribution in [0.1, 0.15) is 38.2 Å². The maximum atomic E-state index is 6.49. The van der Waals surface area contributed by atoms with E-state index in [0.717, 1.165) is 41.7 Å². The zero-order valence-corrected chi connectivity index (χ0v) is 18.3. The highest BCUT2D eigenvalue weighted by Crippen LogP contribution is 2.40. The molecule has 0 amide bonds. The lowest BCUT2D eigenvalue weighted by atomic mass is 9.87. The molecule has 3 heterocycles. The van der Waals surface area contributed by atoms with E-state index < -0.39 is 5.66 Å². The van der Waals surface area contributed by atoms with Crippen molar-refractivity contribution in [1.29, 1.82) is 0 Å². The van der Waals surface area contributed by atoms with Crippen LogP contribution in [0.3, 0.4) is 0 Å². The molecule has 1 aromatic heterocycles. The third kappa shape index (κ3) is 3.65. The minimum atomic E-state index is -0.755. The number of aliphatic imine (C=N–C) groups is 2. The first kappa shape index (κ1) is 20.7. The summed E-state index contributed by atoms with van der Waals surface area (Å²) in [6, 6.07) is 8.24. The van der Waals surface area contributed by atoms with E-state index in [0.29, 0.717) is 11.6 Å². The van der Waals surface area contributed by atoms with Crippen molar-refractivity contribution in [2.75, 3.05) is 25.2 Å². The van der Waals surface area contributed by atoms with Crippen LogP contribution in [0, 0.1) is 0 Å². The Morgan fingerprint density at radius 1 is 1.40 bits per heavy atom. The van der Waals surface area contributed by atoms with Crippen LogP contribution in [0.2, 0.25) is 5.02 Å². The van der Waals surface area contributed by atoms with Gasteiger partial charge in [0.1, 0.15) is 11.5 Å². The maximum Gasteiger partial charge on any atom is 0.220 e. The quantitative estimate of drug-likeness (QED) is 0.672. The second-order valence-corrected chi connectivity index (χ2v) is 8.53. The maximum absolute atomic E-state index is 6.49. The van der Waals surface area contributed by atoms with Crippen LogP contribution in [0.25, 0.3) is 10.9 Å². The van der Waals surface area contributed by atoms with Gasteiger partial charge in [-0.2, -0.15) is 4.99 Å². The summed E-state index contributed by atoms with van der Waals surface area (Å²) in [6.45, 7) is 5.63. The van der Waals surface area contributed by atoms with Crippen LogP contribution < -0.4 is 21.7 Å². The summed E-state index contributed by atoms with van der Waals surface area (Å²) >= 11 is 6.49. The van der Waals surface area contributed by atoms with E-state index in [1.165, 1.54) is 0 Å². The van der Waals surface area contributed by atoms with Crippen LogP contribution >= 0.6 is 11.6 Å². The molecule has 1 aromatic carbocycles. The molecule has 5 N–H and O–H groups in total. The summed E-state index contributed by atoms with van der Waals surface area (Å²) in [7, 11) is 1.73. The Kier molecular flexibility index (Phi) is 5.46. The van der Waals surface area contributed by atoms with E-state index in [1.807, 2.05) is 25.1 Å². The number of nitrogens with two attached hydrogens (primary N) is 2. The monoisotopic (exact) mass is 429 g/mol. The van der Waals surface area contributed by atoms with Crippen molar-refractivity contribution >= 4 is 40.2 Å². The summed E-state index contributed by atoms with van der Waals surface area (Å²) in [6.07, 6.45) is 2.15. The third-order valence-corrected chi connectivity index (χ3v) is 6.39. The fourth-order valence-corrected chi connectivity index (χ4v) is 4.63. The number of guanidine groups is 2. The van der Waals surface area contributed by atoms with E-state index in [2.05, 4.69) is 33.2 Å². The topological polar surface area (TPSA) is 114 Å². The van der Waals surface area contributed by atoms with Gasteiger partial charge in [0.2, 0.25) is 5.96 Å². The van der Waals surface area contributed by atoms with E-state index in [-0.39, 0.29) is 23.9 Å². The summed E-state index contributed by atoms with van der Waals surface area (Å²) in [5.74, 6) is 1.23. The Bertz CT molecular complexity index is 1020. The van der Waals surface area contributed by atoms with E-state index in [4.69, 9.17) is 32.8 Å². The standard InChI is InChI=1S/C21H28ClN7O/c1-12(21(2)27-19(23)26-20(24)28-21)15-10-13-6-4-8-16(22)17(13)25-18(15)29-9-5-7-14(29)11-30-3/h4,6,8,10,12,14H,5,7,9,11H2,1-3H3,(H5,23,24,26,27,28)/t12-,14-/m0/s1. The van der Waals surface area contributed by atoms with Gasteiger partial charge in [0.15, 0.2) is 5.96 Å². The number of nitrogens with one attached hydrogen (secondary N) is 1. The number of fused-ring (bicyclic) bond motifs is 1. The van der Waals surface area contributed by atoms with Crippen molar-refractivity contribution < 1.29 is 4.74 Å². The molecule has 0 saturated carbocycles. The predicted octanol–water partition coefficient (Wildman–Crippen LogP) is 2.56. The smallest absolute Gasteiger partial charge is 0.220 e. The van der Waals surface area contributed by atoms with Crippen molar-refractivity contribution in [3.8, 4) is 0 Å². The molecule has 1 saturated heterocycles. The van der Waals surface area contributed by atoms with Gasteiger partial charge in [0, 0.05) is 30.5 Å². The lowest BCUT2D eigenvalue weighted by Crippen LogP contribution is -2.55. The van der Waals surface area contributed by atoms with Crippen molar-refractivity contribution in [1.82, 2.24) is 10.3 Å². The third-order valence-electron chi connectivity index (χ3n) is 6.09. The lowest BCUT2D eigenvalue weighted by Gasteiger charge is -2.38. The highest BCUT2D eigenvalue weighted by molar-refractivity contribution is 6.35. The molecular weight excluding hydrogens is 402 g/mol. The molecule has 3 atom stereocenters. The molecule has 2 aliphatic rings. The van der Waals surface area contributed by atoms with E-state index >= 15 is 0 Å². The second kappa shape index (κ2) is 7.92. The molecule has 2 aliphatic heterocycles. The van der Waals surface area contributed by atoms with Gasteiger partial charge < -0.3 is 26.4 Å². The number of hydrogen-bond donors (Lipinski definition) is 3. The fourth-order valence-electron chi connectivity index (χ4n) is 4.41. The number of methoxy groups -OCH3 is 1. The summed E-state index contributed by atoms with van der Waals surface area (Å²) < 4.78 is 5.47. The minimum absolute atomic E-state index is 0.0974. The molecule has 1 fully saturated rings. The molecule has 4 rings (SSSR count). The fraction of sp³-hybridized carbons (Fsp3) is 0.476. The molecule has 8 nitrogen and oxygen atoms in total. The number of anilines is 1.